The summed E-state index contributed by atoms with van der Waals surface area (Å²) < 4.78 is 9.40. The van der Waals surface area contributed by atoms with Crippen molar-refractivity contribution in [1.82, 2.24) is 5.16 Å². The summed E-state index contributed by atoms with van der Waals surface area (Å²) in [4.78, 5) is 34.6. The Morgan fingerprint density at radius 1 is 1.12 bits per heavy atom. The van der Waals surface area contributed by atoms with Crippen molar-refractivity contribution in [2.75, 3.05) is 17.2 Å². The fourth-order valence-electron chi connectivity index (χ4n) is 1.64. The molecule has 0 fully saturated rings. The molecule has 0 unspecified atom stereocenters. The van der Waals surface area contributed by atoms with Gasteiger partial charge in [-0.25, -0.2) is 4.79 Å². The molecule has 2 N–H and O–H groups in total. The molecule has 2 aromatic rings. The van der Waals surface area contributed by atoms with Crippen LogP contribution in [0.1, 0.15) is 16.8 Å². The SMILES string of the molecule is N#CCC(=O)Nc1ccc(C(=O)OCC(=O)Nc2ccon2)cc1. The van der Waals surface area contributed by atoms with Gasteiger partial charge in [-0.15, -0.1) is 0 Å². The molecule has 9 heteroatoms. The maximum atomic E-state index is 11.8. The summed E-state index contributed by atoms with van der Waals surface area (Å²) in [6, 6.07) is 9.01. The first-order chi connectivity index (χ1) is 11.6. The van der Waals surface area contributed by atoms with E-state index in [1.807, 2.05) is 0 Å². The molecule has 1 aromatic heterocycles. The van der Waals surface area contributed by atoms with Crippen LogP contribution in [0, 0.1) is 11.3 Å². The molecule has 0 atom stereocenters. The Kier molecular flexibility index (Phi) is 5.63. The molecule has 0 aliphatic carbocycles. The third kappa shape index (κ3) is 4.96. The molecule has 24 heavy (non-hydrogen) atoms. The number of hydrogen-bond acceptors (Lipinski definition) is 7. The highest BCUT2D eigenvalue weighted by Gasteiger charge is 2.11. The second-order valence-electron chi connectivity index (χ2n) is 4.47. The van der Waals surface area contributed by atoms with Gasteiger partial charge in [-0.1, -0.05) is 5.16 Å². The van der Waals surface area contributed by atoms with Crippen LogP contribution in [0.25, 0.3) is 0 Å². The van der Waals surface area contributed by atoms with Crippen molar-refractivity contribution in [3.63, 3.8) is 0 Å². The van der Waals surface area contributed by atoms with Crippen LogP contribution < -0.4 is 10.6 Å². The number of aromatic nitrogens is 1. The third-order valence-electron chi connectivity index (χ3n) is 2.68. The van der Waals surface area contributed by atoms with E-state index in [0.717, 1.165) is 0 Å². The van der Waals surface area contributed by atoms with Crippen molar-refractivity contribution < 1.29 is 23.6 Å². The molecule has 0 radical (unpaired) electrons. The zero-order chi connectivity index (χ0) is 17.4. The Morgan fingerprint density at radius 2 is 1.88 bits per heavy atom. The molecule has 2 rings (SSSR count). The number of esters is 1. The number of hydrogen-bond donors (Lipinski definition) is 2. The monoisotopic (exact) mass is 328 g/mol. The molecule has 0 bridgehead atoms. The van der Waals surface area contributed by atoms with E-state index in [-0.39, 0.29) is 17.8 Å². The van der Waals surface area contributed by atoms with Crippen LogP contribution in [0.5, 0.6) is 0 Å². The van der Waals surface area contributed by atoms with Crippen LogP contribution in [0.3, 0.4) is 0 Å². The predicted molar refractivity (Wildman–Crippen MR) is 80.7 cm³/mol. The first-order valence-electron chi connectivity index (χ1n) is 6.72. The lowest BCUT2D eigenvalue weighted by Gasteiger charge is -2.06. The van der Waals surface area contributed by atoms with Crippen molar-refractivity contribution in [3.8, 4) is 6.07 Å². The molecule has 2 amide bonds. The first-order valence-corrected chi connectivity index (χ1v) is 6.72. The number of rotatable bonds is 6. The van der Waals surface area contributed by atoms with Gasteiger partial charge in [0, 0.05) is 11.8 Å². The fourth-order valence-corrected chi connectivity index (χ4v) is 1.64. The van der Waals surface area contributed by atoms with Crippen LogP contribution in [-0.4, -0.2) is 29.5 Å². The smallest absolute Gasteiger partial charge is 0.338 e. The van der Waals surface area contributed by atoms with E-state index >= 15 is 0 Å². The van der Waals surface area contributed by atoms with Gasteiger partial charge < -0.3 is 19.9 Å². The second kappa shape index (κ2) is 8.09. The average molecular weight is 328 g/mol. The lowest BCUT2D eigenvalue weighted by atomic mass is 10.2. The lowest BCUT2D eigenvalue weighted by Crippen LogP contribution is -2.21. The van der Waals surface area contributed by atoms with E-state index in [0.29, 0.717) is 5.69 Å². The molecular formula is C15H12N4O5. The van der Waals surface area contributed by atoms with Crippen LogP contribution in [-0.2, 0) is 14.3 Å². The van der Waals surface area contributed by atoms with Gasteiger partial charge in [0.05, 0.1) is 11.6 Å². The lowest BCUT2D eigenvalue weighted by molar-refractivity contribution is -0.119. The Hall–Kier alpha value is -3.67. The van der Waals surface area contributed by atoms with Crippen LogP contribution >= 0.6 is 0 Å². The quantitative estimate of drug-likeness (QED) is 0.763. The number of nitrogens with zero attached hydrogens (tertiary/aromatic N) is 2. The number of amides is 2. The number of carbonyl (C=O) groups is 3. The molecule has 1 heterocycles. The van der Waals surface area contributed by atoms with Gasteiger partial charge >= 0.3 is 5.97 Å². The number of nitriles is 1. The number of anilines is 2. The molecule has 9 nitrogen and oxygen atoms in total. The normalized spacial score (nSPS) is 9.62. The van der Waals surface area contributed by atoms with Gasteiger partial charge in [0.25, 0.3) is 5.91 Å². The summed E-state index contributed by atoms with van der Waals surface area (Å²) in [5.74, 6) is -1.48. The number of benzene rings is 1. The van der Waals surface area contributed by atoms with Gasteiger partial charge in [-0.2, -0.15) is 5.26 Å². The van der Waals surface area contributed by atoms with Gasteiger partial charge in [0.2, 0.25) is 5.91 Å². The molecular weight excluding hydrogens is 316 g/mol. The van der Waals surface area contributed by atoms with Gasteiger partial charge in [-0.05, 0) is 24.3 Å². The summed E-state index contributed by atoms with van der Waals surface area (Å²) in [5.41, 5.74) is 0.651. The van der Waals surface area contributed by atoms with Crippen LogP contribution in [0.15, 0.2) is 41.1 Å². The van der Waals surface area contributed by atoms with Crippen molar-refractivity contribution >= 4 is 29.3 Å². The zero-order valence-electron chi connectivity index (χ0n) is 12.3. The topological polar surface area (TPSA) is 134 Å². The van der Waals surface area contributed by atoms with E-state index in [4.69, 9.17) is 10.00 Å². The Bertz CT molecular complexity index is 762. The third-order valence-corrected chi connectivity index (χ3v) is 2.68. The van der Waals surface area contributed by atoms with E-state index in [1.165, 1.54) is 36.6 Å². The molecule has 0 saturated carbocycles. The molecule has 0 saturated heterocycles. The molecule has 1 aromatic carbocycles. The summed E-state index contributed by atoms with van der Waals surface area (Å²) in [7, 11) is 0. The summed E-state index contributed by atoms with van der Waals surface area (Å²) in [5, 5.41) is 16.8. The van der Waals surface area contributed by atoms with Gasteiger partial charge in [0.15, 0.2) is 12.4 Å². The molecule has 0 aliphatic heterocycles. The Morgan fingerprint density at radius 3 is 2.50 bits per heavy atom. The first kappa shape index (κ1) is 16.7. The van der Waals surface area contributed by atoms with Gasteiger partial charge in [-0.3, -0.25) is 9.59 Å². The van der Waals surface area contributed by atoms with Crippen molar-refractivity contribution in [2.24, 2.45) is 0 Å². The van der Waals surface area contributed by atoms with Crippen molar-refractivity contribution in [1.29, 1.82) is 5.26 Å². The number of nitrogens with one attached hydrogen (secondary N) is 2. The van der Waals surface area contributed by atoms with Gasteiger partial charge in [0.1, 0.15) is 12.7 Å². The largest absolute Gasteiger partial charge is 0.452 e. The summed E-state index contributed by atoms with van der Waals surface area (Å²) in [6.45, 7) is -0.480. The number of ether oxygens (including phenoxy) is 1. The highest BCUT2D eigenvalue weighted by atomic mass is 16.5. The maximum absolute atomic E-state index is 11.8. The highest BCUT2D eigenvalue weighted by molar-refractivity contribution is 5.96. The summed E-state index contributed by atoms with van der Waals surface area (Å²) in [6.07, 6.45) is 1.03. The maximum Gasteiger partial charge on any atom is 0.338 e. The zero-order valence-corrected chi connectivity index (χ0v) is 12.3. The van der Waals surface area contributed by atoms with E-state index in [1.54, 1.807) is 6.07 Å². The van der Waals surface area contributed by atoms with Crippen LogP contribution in [0.4, 0.5) is 11.5 Å². The highest BCUT2D eigenvalue weighted by Crippen LogP contribution is 2.11. The number of carbonyl (C=O) groups excluding carboxylic acids is 3. The van der Waals surface area contributed by atoms with Crippen molar-refractivity contribution in [3.05, 3.63) is 42.2 Å². The van der Waals surface area contributed by atoms with Crippen molar-refractivity contribution in [2.45, 2.75) is 6.42 Å². The van der Waals surface area contributed by atoms with E-state index in [2.05, 4.69) is 20.3 Å². The Labute approximate surface area is 136 Å². The summed E-state index contributed by atoms with van der Waals surface area (Å²) >= 11 is 0. The fraction of sp³-hybridized carbons (Fsp3) is 0.133. The van der Waals surface area contributed by atoms with E-state index in [9.17, 15) is 14.4 Å². The van der Waals surface area contributed by atoms with Crippen LogP contribution in [0.2, 0.25) is 0 Å². The molecule has 0 spiro atoms. The molecule has 122 valence electrons. The minimum Gasteiger partial charge on any atom is -0.452 e. The predicted octanol–water partition coefficient (Wildman–Crippen LogP) is 1.32. The van der Waals surface area contributed by atoms with E-state index < -0.39 is 24.4 Å². The minimum atomic E-state index is -0.694. The standard InChI is InChI=1S/C15H12N4O5/c16-7-5-13(20)17-11-3-1-10(2-4-11)15(22)23-9-14(21)18-12-6-8-24-19-12/h1-4,6,8H,5,9H2,(H,17,20)(H,18,19,21). The Balaban J connectivity index is 1.83. The molecule has 0 aliphatic rings. The second-order valence-corrected chi connectivity index (χ2v) is 4.47. The average Bonchev–Trinajstić information content (AvgIpc) is 3.06. The minimum absolute atomic E-state index is 0.211.